The molecule has 0 N–H and O–H groups in total. The smallest absolute Gasteiger partial charge is 0.324 e. The molecule has 0 aliphatic carbocycles. The Bertz CT molecular complexity index is 1460. The highest BCUT2D eigenvalue weighted by Gasteiger charge is 2.24. The number of rotatable bonds is 6. The predicted octanol–water partition coefficient (Wildman–Crippen LogP) is 4.38. The molecule has 1 fully saturated rings. The van der Waals surface area contributed by atoms with E-state index in [0.717, 1.165) is 43.6 Å². The molecule has 0 spiro atoms. The van der Waals surface area contributed by atoms with E-state index in [9.17, 15) is 18.0 Å². The van der Waals surface area contributed by atoms with Crippen molar-refractivity contribution in [1.29, 1.82) is 0 Å². The van der Waals surface area contributed by atoms with Crippen LogP contribution >= 0.6 is 12.4 Å². The average molecular weight is 547 g/mol. The third kappa shape index (κ3) is 5.73. The molecular weight excluding hydrogens is 521 g/mol. The van der Waals surface area contributed by atoms with Crippen LogP contribution in [-0.4, -0.2) is 58.0 Å². The van der Waals surface area contributed by atoms with E-state index in [1.807, 2.05) is 30.1 Å². The normalized spacial score (nSPS) is 14.3. The molecule has 0 saturated carbocycles. The zero-order valence-electron chi connectivity index (χ0n) is 20.8. The van der Waals surface area contributed by atoms with Crippen LogP contribution in [0.5, 0.6) is 0 Å². The van der Waals surface area contributed by atoms with Crippen LogP contribution in [0.4, 0.5) is 19.2 Å². The Morgan fingerprint density at radius 3 is 2.45 bits per heavy atom. The van der Waals surface area contributed by atoms with Crippen molar-refractivity contribution in [2.24, 2.45) is 0 Å². The monoisotopic (exact) mass is 546 g/mol. The van der Waals surface area contributed by atoms with Crippen molar-refractivity contribution >= 4 is 18.4 Å². The van der Waals surface area contributed by atoms with Crippen molar-refractivity contribution < 1.29 is 17.7 Å². The highest BCUT2D eigenvalue weighted by atomic mass is 35.5. The summed E-state index contributed by atoms with van der Waals surface area (Å²) in [6, 6.07) is 12.3. The van der Waals surface area contributed by atoms with Gasteiger partial charge in [0.15, 0.2) is 17.5 Å². The van der Waals surface area contributed by atoms with E-state index in [1.54, 1.807) is 6.07 Å². The van der Waals surface area contributed by atoms with E-state index in [4.69, 9.17) is 4.52 Å². The van der Waals surface area contributed by atoms with Crippen LogP contribution in [0, 0.1) is 17.5 Å². The molecule has 12 heteroatoms. The van der Waals surface area contributed by atoms with Crippen LogP contribution in [0.15, 0.2) is 57.8 Å². The first-order valence-electron chi connectivity index (χ1n) is 11.9. The van der Waals surface area contributed by atoms with E-state index in [2.05, 4.69) is 27.2 Å². The van der Waals surface area contributed by atoms with Gasteiger partial charge in [0.05, 0.1) is 12.2 Å². The molecule has 0 radical (unpaired) electrons. The van der Waals surface area contributed by atoms with Gasteiger partial charge in [-0.25, -0.2) is 17.9 Å². The number of hydrogen-bond acceptors (Lipinski definition) is 7. The zero-order chi connectivity index (χ0) is 26.1. The Hall–Kier alpha value is -3.70. The van der Waals surface area contributed by atoms with Gasteiger partial charge in [-0.05, 0) is 62.8 Å². The SMILES string of the molecule is CN1CCC(N(C)c2nc(-c3cccc(Cn4nc(-c5cc(F)c(F)c(F)c5)ccc4=O)c3)no2)CC1.Cl. The Balaban J connectivity index is 0.00000336. The lowest BCUT2D eigenvalue weighted by atomic mass is 10.0. The van der Waals surface area contributed by atoms with Gasteiger partial charge in [0, 0.05) is 30.3 Å². The van der Waals surface area contributed by atoms with Crippen LogP contribution in [0.25, 0.3) is 22.6 Å². The highest BCUT2D eigenvalue weighted by Crippen LogP contribution is 2.25. The van der Waals surface area contributed by atoms with E-state index >= 15 is 0 Å². The third-order valence-corrected chi connectivity index (χ3v) is 6.62. The molecule has 0 atom stereocenters. The number of anilines is 1. The van der Waals surface area contributed by atoms with E-state index in [0.29, 0.717) is 23.4 Å². The lowest BCUT2D eigenvalue weighted by Crippen LogP contribution is -2.42. The molecule has 0 unspecified atom stereocenters. The van der Waals surface area contributed by atoms with Crippen molar-refractivity contribution in [3.63, 3.8) is 0 Å². The summed E-state index contributed by atoms with van der Waals surface area (Å²) >= 11 is 0. The first-order valence-corrected chi connectivity index (χ1v) is 11.9. The summed E-state index contributed by atoms with van der Waals surface area (Å²) in [5.74, 6) is -3.80. The van der Waals surface area contributed by atoms with Gasteiger partial charge in [-0.2, -0.15) is 10.1 Å². The first-order chi connectivity index (χ1) is 17.8. The number of nitrogens with zero attached hydrogens (tertiary/aromatic N) is 6. The molecule has 38 heavy (non-hydrogen) atoms. The molecule has 200 valence electrons. The molecule has 1 saturated heterocycles. The molecule has 3 heterocycles. The molecule has 8 nitrogen and oxygen atoms in total. The summed E-state index contributed by atoms with van der Waals surface area (Å²) < 4.78 is 47.4. The largest absolute Gasteiger partial charge is 0.324 e. The number of piperidine rings is 1. The number of benzene rings is 2. The second-order valence-electron chi connectivity index (χ2n) is 9.21. The van der Waals surface area contributed by atoms with Gasteiger partial charge >= 0.3 is 6.01 Å². The second kappa shape index (κ2) is 11.4. The van der Waals surface area contributed by atoms with Gasteiger partial charge in [0.1, 0.15) is 0 Å². The standard InChI is InChI=1S/C26H25F3N6O2.ClH/c1-33-10-8-19(9-11-33)34(2)26-30-25(32-37-26)17-5-3-4-16(12-17)15-35-23(36)7-6-22(31-35)18-13-20(27)24(29)21(28)14-18;/h3-7,12-14,19H,8-11,15H2,1-2H3;1H. The highest BCUT2D eigenvalue weighted by molar-refractivity contribution is 5.85. The summed E-state index contributed by atoms with van der Waals surface area (Å²) in [5.41, 5.74) is 1.19. The van der Waals surface area contributed by atoms with Crippen molar-refractivity contribution in [1.82, 2.24) is 24.8 Å². The molecule has 4 aromatic rings. The third-order valence-electron chi connectivity index (χ3n) is 6.62. The molecule has 1 aliphatic rings. The Labute approximate surface area is 223 Å². The van der Waals surface area contributed by atoms with Crippen LogP contribution in [0.3, 0.4) is 0 Å². The predicted molar refractivity (Wildman–Crippen MR) is 139 cm³/mol. The minimum absolute atomic E-state index is 0. The van der Waals surface area contributed by atoms with Crippen LogP contribution in [0.1, 0.15) is 18.4 Å². The maximum atomic E-state index is 13.7. The molecule has 2 aromatic heterocycles. The lowest BCUT2D eigenvalue weighted by Gasteiger charge is -2.33. The average Bonchev–Trinajstić information content (AvgIpc) is 3.39. The van der Waals surface area contributed by atoms with Crippen molar-refractivity contribution in [3.05, 3.63) is 81.9 Å². The Morgan fingerprint density at radius 2 is 1.74 bits per heavy atom. The quantitative estimate of drug-likeness (QED) is 0.332. The van der Waals surface area contributed by atoms with Gasteiger partial charge < -0.3 is 14.3 Å². The van der Waals surface area contributed by atoms with E-state index in [1.165, 1.54) is 16.8 Å². The summed E-state index contributed by atoms with van der Waals surface area (Å²) in [5, 5.41) is 8.36. The molecule has 2 aromatic carbocycles. The molecular formula is C26H26ClF3N6O2. The minimum Gasteiger partial charge on any atom is -0.324 e. The second-order valence-corrected chi connectivity index (χ2v) is 9.21. The fourth-order valence-corrected chi connectivity index (χ4v) is 4.42. The van der Waals surface area contributed by atoms with Gasteiger partial charge in [-0.15, -0.1) is 12.4 Å². The molecule has 5 rings (SSSR count). The number of hydrogen-bond donors (Lipinski definition) is 0. The van der Waals surface area contributed by atoms with Gasteiger partial charge in [0.2, 0.25) is 5.82 Å². The maximum Gasteiger partial charge on any atom is 0.324 e. The molecule has 0 amide bonds. The zero-order valence-corrected chi connectivity index (χ0v) is 21.6. The van der Waals surface area contributed by atoms with Crippen molar-refractivity contribution in [2.45, 2.75) is 25.4 Å². The number of aromatic nitrogens is 4. The van der Waals surface area contributed by atoms with Crippen molar-refractivity contribution in [3.8, 4) is 22.6 Å². The fourth-order valence-electron chi connectivity index (χ4n) is 4.42. The van der Waals surface area contributed by atoms with Crippen molar-refractivity contribution in [2.75, 3.05) is 32.1 Å². The van der Waals surface area contributed by atoms with Crippen LogP contribution in [-0.2, 0) is 6.54 Å². The van der Waals surface area contributed by atoms with E-state index < -0.39 is 23.0 Å². The summed E-state index contributed by atoms with van der Waals surface area (Å²) in [7, 11) is 4.06. The topological polar surface area (TPSA) is 80.3 Å². The summed E-state index contributed by atoms with van der Waals surface area (Å²) in [4.78, 5) is 21.3. The van der Waals surface area contributed by atoms with E-state index in [-0.39, 0.29) is 30.2 Å². The van der Waals surface area contributed by atoms with Gasteiger partial charge in [-0.3, -0.25) is 4.79 Å². The lowest BCUT2D eigenvalue weighted by molar-refractivity contribution is 0.247. The summed E-state index contributed by atoms with van der Waals surface area (Å²) in [6.45, 7) is 2.11. The van der Waals surface area contributed by atoms with Gasteiger partial charge in [-0.1, -0.05) is 23.4 Å². The molecule has 1 aliphatic heterocycles. The maximum absolute atomic E-state index is 13.7. The Morgan fingerprint density at radius 1 is 1.03 bits per heavy atom. The van der Waals surface area contributed by atoms with Gasteiger partial charge in [0.25, 0.3) is 5.56 Å². The summed E-state index contributed by atoms with van der Waals surface area (Å²) in [6.07, 6.45) is 2.02. The van der Waals surface area contributed by atoms with Crippen LogP contribution < -0.4 is 10.5 Å². The Kier molecular flexibility index (Phi) is 8.17. The number of likely N-dealkylation sites (tertiary alicyclic amines) is 1. The fraction of sp³-hybridized carbons (Fsp3) is 0.308. The first kappa shape index (κ1) is 27.3. The minimum atomic E-state index is -1.56. The molecule has 0 bridgehead atoms. The number of halogens is 4. The van der Waals surface area contributed by atoms with Crippen LogP contribution in [0.2, 0.25) is 0 Å².